The Morgan fingerprint density at radius 1 is 0.867 bits per heavy atom. The van der Waals surface area contributed by atoms with Crippen LogP contribution in [0.1, 0.15) is 32.4 Å². The van der Waals surface area contributed by atoms with Crippen molar-refractivity contribution in [1.82, 2.24) is 0 Å². The zero-order valence-electron chi connectivity index (χ0n) is 15.6. The third-order valence-electron chi connectivity index (χ3n) is 4.56. The number of carbonyl (C=O) groups is 2. The first-order chi connectivity index (χ1) is 14.5. The molecule has 0 radical (unpaired) electrons. The van der Waals surface area contributed by atoms with E-state index in [9.17, 15) is 14.4 Å². The Bertz CT molecular complexity index is 1280. The number of hydrogen-bond acceptors (Lipinski definition) is 5. The summed E-state index contributed by atoms with van der Waals surface area (Å²) in [7, 11) is 0. The predicted molar refractivity (Wildman–Crippen MR) is 113 cm³/mol. The van der Waals surface area contributed by atoms with Gasteiger partial charge in [0.05, 0.1) is 0 Å². The van der Waals surface area contributed by atoms with Crippen LogP contribution in [0.25, 0.3) is 11.0 Å². The van der Waals surface area contributed by atoms with Crippen LogP contribution >= 0.6 is 11.6 Å². The molecule has 0 unspecified atom stereocenters. The molecule has 1 atom stereocenters. The monoisotopic (exact) mass is 418 g/mol. The molecule has 1 aromatic heterocycles. The van der Waals surface area contributed by atoms with Gasteiger partial charge in [-0.25, -0.2) is 9.59 Å². The van der Waals surface area contributed by atoms with Crippen LogP contribution in [0.15, 0.2) is 94.1 Å². The number of ether oxygens (including phenoxy) is 1. The van der Waals surface area contributed by atoms with Crippen LogP contribution in [-0.2, 0) is 4.74 Å². The number of esters is 1. The molecule has 0 aliphatic carbocycles. The number of fused-ring (bicyclic) bond motifs is 1. The van der Waals surface area contributed by atoms with E-state index in [-0.39, 0.29) is 5.56 Å². The van der Waals surface area contributed by atoms with E-state index < -0.39 is 23.5 Å². The van der Waals surface area contributed by atoms with E-state index in [2.05, 4.69) is 0 Å². The molecule has 30 heavy (non-hydrogen) atoms. The van der Waals surface area contributed by atoms with Crippen molar-refractivity contribution in [3.8, 4) is 0 Å². The SMILES string of the molecule is O=C(O[C@@H](C(=O)c1ccccc1)c1ccc(Cl)cc1)c1cc2ccccc2oc1=O. The Kier molecular flexibility index (Phi) is 5.46. The highest BCUT2D eigenvalue weighted by atomic mass is 35.5. The summed E-state index contributed by atoms with van der Waals surface area (Å²) >= 11 is 5.94. The summed E-state index contributed by atoms with van der Waals surface area (Å²) in [5.41, 5.74) is 0.0467. The summed E-state index contributed by atoms with van der Waals surface area (Å²) in [6.07, 6.45) is -1.25. The third kappa shape index (κ3) is 4.02. The lowest BCUT2D eigenvalue weighted by atomic mass is 9.99. The second-order valence-corrected chi connectivity index (χ2v) is 6.99. The maximum absolute atomic E-state index is 13.1. The Labute approximate surface area is 176 Å². The van der Waals surface area contributed by atoms with Gasteiger partial charge >= 0.3 is 11.6 Å². The highest BCUT2D eigenvalue weighted by molar-refractivity contribution is 6.30. The van der Waals surface area contributed by atoms with Gasteiger partial charge in [-0.2, -0.15) is 0 Å². The number of para-hydroxylation sites is 1. The molecule has 0 amide bonds. The molecular weight excluding hydrogens is 404 g/mol. The standard InChI is InChI=1S/C24H15ClO5/c25-18-12-10-16(11-13-18)22(21(26)15-6-2-1-3-7-15)30-24(28)19-14-17-8-4-5-9-20(17)29-23(19)27/h1-14,22H/t22-/m1/s1. The Morgan fingerprint density at radius 2 is 1.53 bits per heavy atom. The van der Waals surface area contributed by atoms with Crippen LogP contribution < -0.4 is 5.63 Å². The minimum Gasteiger partial charge on any atom is -0.445 e. The topological polar surface area (TPSA) is 73.6 Å². The molecule has 0 aliphatic heterocycles. The first-order valence-electron chi connectivity index (χ1n) is 9.11. The molecule has 4 aromatic rings. The van der Waals surface area contributed by atoms with Gasteiger partial charge in [0.15, 0.2) is 6.10 Å². The molecule has 5 nitrogen and oxygen atoms in total. The summed E-state index contributed by atoms with van der Waals surface area (Å²) in [4.78, 5) is 38.2. The number of carbonyl (C=O) groups excluding carboxylic acids is 2. The summed E-state index contributed by atoms with van der Waals surface area (Å²) in [6.45, 7) is 0. The molecule has 0 aliphatic rings. The van der Waals surface area contributed by atoms with E-state index in [1.54, 1.807) is 78.9 Å². The summed E-state index contributed by atoms with van der Waals surface area (Å²) < 4.78 is 10.7. The van der Waals surface area contributed by atoms with E-state index >= 15 is 0 Å². The average Bonchev–Trinajstić information content (AvgIpc) is 2.77. The summed E-state index contributed by atoms with van der Waals surface area (Å²) in [6, 6.07) is 23.1. The van der Waals surface area contributed by atoms with Crippen LogP contribution in [0.3, 0.4) is 0 Å². The van der Waals surface area contributed by atoms with Gasteiger partial charge < -0.3 is 9.15 Å². The smallest absolute Gasteiger partial charge is 0.351 e. The number of rotatable bonds is 5. The van der Waals surface area contributed by atoms with Gasteiger partial charge in [0, 0.05) is 21.5 Å². The second kappa shape index (κ2) is 8.35. The maximum Gasteiger partial charge on any atom is 0.351 e. The van der Waals surface area contributed by atoms with E-state index in [1.165, 1.54) is 6.07 Å². The van der Waals surface area contributed by atoms with Gasteiger partial charge in [-0.1, -0.05) is 72.3 Å². The first kappa shape index (κ1) is 19.6. The Balaban J connectivity index is 1.72. The van der Waals surface area contributed by atoms with E-state index in [0.717, 1.165) is 0 Å². The van der Waals surface area contributed by atoms with Crippen molar-refractivity contribution in [3.05, 3.63) is 117 Å². The summed E-state index contributed by atoms with van der Waals surface area (Å²) in [5, 5.41) is 1.05. The van der Waals surface area contributed by atoms with Gasteiger partial charge in [0.1, 0.15) is 11.1 Å². The van der Waals surface area contributed by atoms with Crippen LogP contribution in [-0.4, -0.2) is 11.8 Å². The lowest BCUT2D eigenvalue weighted by Gasteiger charge is -2.17. The van der Waals surface area contributed by atoms with Gasteiger partial charge in [-0.15, -0.1) is 0 Å². The molecule has 4 rings (SSSR count). The Morgan fingerprint density at radius 3 is 2.27 bits per heavy atom. The molecule has 6 heteroatoms. The van der Waals surface area contributed by atoms with Crippen molar-refractivity contribution in [2.24, 2.45) is 0 Å². The van der Waals surface area contributed by atoms with Crippen molar-refractivity contribution in [2.45, 2.75) is 6.10 Å². The molecule has 0 bridgehead atoms. The van der Waals surface area contributed by atoms with Gasteiger partial charge in [0.25, 0.3) is 0 Å². The summed E-state index contributed by atoms with van der Waals surface area (Å²) in [5.74, 6) is -1.37. The Hall–Kier alpha value is -3.70. The minimum atomic E-state index is -1.25. The van der Waals surface area contributed by atoms with Crippen LogP contribution in [0.2, 0.25) is 5.02 Å². The second-order valence-electron chi connectivity index (χ2n) is 6.55. The number of halogens is 1. The van der Waals surface area contributed by atoms with Crippen molar-refractivity contribution >= 4 is 34.3 Å². The van der Waals surface area contributed by atoms with Crippen molar-refractivity contribution < 1.29 is 18.7 Å². The van der Waals surface area contributed by atoms with Gasteiger partial charge in [-0.3, -0.25) is 4.79 Å². The molecule has 148 valence electrons. The highest BCUT2D eigenvalue weighted by Gasteiger charge is 2.28. The molecule has 0 saturated heterocycles. The normalized spacial score (nSPS) is 11.8. The van der Waals surface area contributed by atoms with Crippen molar-refractivity contribution in [1.29, 1.82) is 0 Å². The van der Waals surface area contributed by atoms with Gasteiger partial charge in [0.2, 0.25) is 5.78 Å². The zero-order chi connectivity index (χ0) is 21.1. The lowest BCUT2D eigenvalue weighted by Crippen LogP contribution is -2.23. The largest absolute Gasteiger partial charge is 0.445 e. The maximum atomic E-state index is 13.1. The molecule has 0 N–H and O–H groups in total. The van der Waals surface area contributed by atoms with Crippen LogP contribution in [0.4, 0.5) is 0 Å². The van der Waals surface area contributed by atoms with Gasteiger partial charge in [-0.05, 0) is 24.3 Å². The molecule has 1 heterocycles. The van der Waals surface area contributed by atoms with Crippen molar-refractivity contribution in [2.75, 3.05) is 0 Å². The third-order valence-corrected chi connectivity index (χ3v) is 4.81. The first-order valence-corrected chi connectivity index (χ1v) is 9.49. The van der Waals surface area contributed by atoms with E-state index in [1.807, 2.05) is 0 Å². The zero-order valence-corrected chi connectivity index (χ0v) is 16.3. The van der Waals surface area contributed by atoms with E-state index in [4.69, 9.17) is 20.8 Å². The fraction of sp³-hybridized carbons (Fsp3) is 0.0417. The van der Waals surface area contributed by atoms with Crippen molar-refractivity contribution in [3.63, 3.8) is 0 Å². The highest BCUT2D eigenvalue weighted by Crippen LogP contribution is 2.25. The molecule has 3 aromatic carbocycles. The predicted octanol–water partition coefficient (Wildman–Crippen LogP) is 5.23. The fourth-order valence-corrected chi connectivity index (χ4v) is 3.17. The quantitative estimate of drug-likeness (QED) is 0.252. The number of hydrogen-bond donors (Lipinski definition) is 0. The number of Topliss-reactive ketones (excluding diaryl/α,β-unsaturated/α-hetero) is 1. The fourth-order valence-electron chi connectivity index (χ4n) is 3.04. The molecule has 0 saturated carbocycles. The van der Waals surface area contributed by atoms with Crippen LogP contribution in [0, 0.1) is 0 Å². The van der Waals surface area contributed by atoms with Crippen LogP contribution in [0.5, 0.6) is 0 Å². The number of benzene rings is 3. The lowest BCUT2D eigenvalue weighted by molar-refractivity contribution is 0.0276. The van der Waals surface area contributed by atoms with E-state index in [0.29, 0.717) is 27.1 Å². The molecule has 0 fully saturated rings. The molecular formula is C24H15ClO5. The minimum absolute atomic E-state index is 0.284. The molecule has 0 spiro atoms. The average molecular weight is 419 g/mol. The number of ketones is 1.